The average Bonchev–Trinajstić information content (AvgIpc) is 3.56. The monoisotopic (exact) mass is 593 g/mol. The largest absolute Gasteiger partial charge is 0.309 e. The quantitative estimate of drug-likeness (QED) is 0.203. The first-order chi connectivity index (χ1) is 22.3. The Labute approximate surface area is 265 Å². The van der Waals surface area contributed by atoms with Crippen molar-refractivity contribution in [2.75, 3.05) is 0 Å². The summed E-state index contributed by atoms with van der Waals surface area (Å²) in [5.41, 5.74) is 9.91. The van der Waals surface area contributed by atoms with E-state index in [9.17, 15) is 0 Å². The Bertz CT molecular complexity index is 2390. The third-order valence-electron chi connectivity index (χ3n) is 8.63. The lowest BCUT2D eigenvalue weighted by molar-refractivity contribution is 1.18. The summed E-state index contributed by atoms with van der Waals surface area (Å²) in [5.74, 6) is 0.724. The highest BCUT2D eigenvalue weighted by Gasteiger charge is 2.22. The highest BCUT2D eigenvalue weighted by molar-refractivity contribution is 7.20. The van der Waals surface area contributed by atoms with Crippen LogP contribution in [0.25, 0.3) is 77.6 Å². The second-order valence-corrected chi connectivity index (χ2v) is 12.4. The van der Waals surface area contributed by atoms with Crippen LogP contribution in [0.15, 0.2) is 146 Å². The maximum absolute atomic E-state index is 5.12. The maximum Gasteiger partial charge on any atom is 0.160 e. The van der Waals surface area contributed by atoms with E-state index in [2.05, 4.69) is 132 Å². The van der Waals surface area contributed by atoms with Crippen molar-refractivity contribution in [1.82, 2.24) is 14.5 Å². The number of nitrogens with zero attached hydrogens (tertiary/aromatic N) is 3. The zero-order chi connectivity index (χ0) is 29.7. The van der Waals surface area contributed by atoms with Gasteiger partial charge in [0.2, 0.25) is 0 Å². The minimum atomic E-state index is 0.724. The summed E-state index contributed by atoms with van der Waals surface area (Å²) in [6.07, 6.45) is 7.84. The van der Waals surface area contributed by atoms with Gasteiger partial charge in [-0.2, -0.15) is 0 Å². The van der Waals surface area contributed by atoms with Gasteiger partial charge in [0.05, 0.1) is 28.1 Å². The molecule has 0 aliphatic heterocycles. The van der Waals surface area contributed by atoms with Crippen LogP contribution in [0.2, 0.25) is 0 Å². The molecule has 212 valence electrons. The van der Waals surface area contributed by atoms with Crippen LogP contribution in [0.4, 0.5) is 0 Å². The van der Waals surface area contributed by atoms with Crippen LogP contribution < -0.4 is 0 Å². The fraction of sp³-hybridized carbons (Fsp3) is 0.0244. The van der Waals surface area contributed by atoms with E-state index in [1.165, 1.54) is 48.0 Å². The number of para-hydroxylation sites is 1. The van der Waals surface area contributed by atoms with Gasteiger partial charge >= 0.3 is 0 Å². The zero-order valence-electron chi connectivity index (χ0n) is 24.4. The number of fused-ring (bicyclic) bond motifs is 6. The number of hydrogen-bond acceptors (Lipinski definition) is 3. The molecular weight excluding hydrogens is 567 g/mol. The van der Waals surface area contributed by atoms with E-state index < -0.39 is 0 Å². The lowest BCUT2D eigenvalue weighted by atomic mass is 10.0. The summed E-state index contributed by atoms with van der Waals surface area (Å²) in [4.78, 5) is 11.4. The molecule has 4 heteroatoms. The van der Waals surface area contributed by atoms with Crippen molar-refractivity contribution >= 4 is 55.0 Å². The molecule has 3 heterocycles. The second-order valence-electron chi connectivity index (χ2n) is 11.3. The molecule has 45 heavy (non-hydrogen) atoms. The molecule has 3 aromatic heterocycles. The second kappa shape index (κ2) is 10.5. The van der Waals surface area contributed by atoms with Crippen molar-refractivity contribution in [3.8, 4) is 33.9 Å². The van der Waals surface area contributed by atoms with Gasteiger partial charge in [-0.1, -0.05) is 115 Å². The topological polar surface area (TPSA) is 30.7 Å². The van der Waals surface area contributed by atoms with Crippen LogP contribution >= 0.6 is 11.3 Å². The number of rotatable bonds is 4. The van der Waals surface area contributed by atoms with Gasteiger partial charge in [0, 0.05) is 48.0 Å². The Kier molecular flexibility index (Phi) is 6.06. The van der Waals surface area contributed by atoms with Crippen molar-refractivity contribution in [3.63, 3.8) is 0 Å². The zero-order valence-corrected chi connectivity index (χ0v) is 25.2. The predicted molar refractivity (Wildman–Crippen MR) is 190 cm³/mol. The first-order valence-electron chi connectivity index (χ1n) is 15.2. The molecule has 8 aromatic rings. The summed E-state index contributed by atoms with van der Waals surface area (Å²) in [6.45, 7) is 0. The molecule has 0 radical (unpaired) electrons. The minimum absolute atomic E-state index is 0.724. The minimum Gasteiger partial charge on any atom is -0.309 e. The molecule has 9 rings (SSSR count). The van der Waals surface area contributed by atoms with Crippen molar-refractivity contribution < 1.29 is 0 Å². The Morgan fingerprint density at radius 2 is 1.22 bits per heavy atom. The van der Waals surface area contributed by atoms with Crippen LogP contribution in [-0.4, -0.2) is 14.5 Å². The molecule has 0 unspecified atom stereocenters. The summed E-state index contributed by atoms with van der Waals surface area (Å²) in [6, 6.07) is 47.0. The third-order valence-corrected chi connectivity index (χ3v) is 9.77. The Morgan fingerprint density at radius 1 is 0.556 bits per heavy atom. The molecule has 0 amide bonds. The molecule has 0 spiro atoms. The number of aromatic nitrogens is 3. The first-order valence-corrected chi connectivity index (χ1v) is 16.1. The standard InChI is InChI=1S/C41H27N3S/c1-3-13-27(14-4-1)33-26-34(43-41(42-33)28-15-5-2-6-16-28)29-23-24-36-32(25-29)30-17-7-9-19-35(30)44(36)37-20-10-12-22-39-40(37)31-18-8-11-21-38(31)45-39/h1-9,11-26H,10H2. The van der Waals surface area contributed by atoms with E-state index in [0.29, 0.717) is 0 Å². The van der Waals surface area contributed by atoms with Gasteiger partial charge < -0.3 is 4.57 Å². The fourth-order valence-corrected chi connectivity index (χ4v) is 7.71. The summed E-state index contributed by atoms with van der Waals surface area (Å²) < 4.78 is 3.78. The van der Waals surface area contributed by atoms with E-state index in [1.54, 1.807) is 0 Å². The number of benzene rings is 5. The van der Waals surface area contributed by atoms with Crippen molar-refractivity contribution in [3.05, 3.63) is 156 Å². The van der Waals surface area contributed by atoms with Gasteiger partial charge in [0.1, 0.15) is 0 Å². The van der Waals surface area contributed by atoms with Crippen LogP contribution in [-0.2, 0) is 0 Å². The van der Waals surface area contributed by atoms with Crippen LogP contribution in [0.3, 0.4) is 0 Å². The van der Waals surface area contributed by atoms with E-state index >= 15 is 0 Å². The number of allylic oxidation sites excluding steroid dienone is 2. The fourth-order valence-electron chi connectivity index (χ4n) is 6.57. The highest BCUT2D eigenvalue weighted by atomic mass is 32.1. The molecule has 0 saturated heterocycles. The maximum atomic E-state index is 5.12. The number of thiophene rings is 1. The first kappa shape index (κ1) is 25.9. The van der Waals surface area contributed by atoms with Crippen LogP contribution in [0.1, 0.15) is 16.9 Å². The lowest BCUT2D eigenvalue weighted by Crippen LogP contribution is -1.99. The summed E-state index contributed by atoms with van der Waals surface area (Å²) >= 11 is 1.87. The van der Waals surface area contributed by atoms with Gasteiger partial charge in [-0.3, -0.25) is 0 Å². The van der Waals surface area contributed by atoms with Gasteiger partial charge in [0.15, 0.2) is 5.82 Å². The Morgan fingerprint density at radius 3 is 2.04 bits per heavy atom. The summed E-state index contributed by atoms with van der Waals surface area (Å²) in [7, 11) is 0. The van der Waals surface area contributed by atoms with Gasteiger partial charge in [0.25, 0.3) is 0 Å². The average molecular weight is 594 g/mol. The highest BCUT2D eigenvalue weighted by Crippen LogP contribution is 2.43. The van der Waals surface area contributed by atoms with Gasteiger partial charge in [-0.05, 0) is 42.8 Å². The van der Waals surface area contributed by atoms with E-state index in [-0.39, 0.29) is 0 Å². The molecule has 5 aromatic carbocycles. The Balaban J connectivity index is 1.27. The molecule has 3 nitrogen and oxygen atoms in total. The molecule has 1 aliphatic carbocycles. The molecule has 0 saturated carbocycles. The molecule has 0 bridgehead atoms. The molecule has 0 N–H and O–H groups in total. The Hall–Kier alpha value is -5.58. The number of hydrogen-bond donors (Lipinski definition) is 0. The van der Waals surface area contributed by atoms with Crippen LogP contribution in [0.5, 0.6) is 0 Å². The summed E-state index contributed by atoms with van der Waals surface area (Å²) in [5, 5.41) is 3.75. The molecular formula is C41H27N3S. The molecule has 0 fully saturated rings. The van der Waals surface area contributed by atoms with E-state index in [1.807, 2.05) is 35.6 Å². The molecule has 0 atom stereocenters. The smallest absolute Gasteiger partial charge is 0.160 e. The lowest BCUT2D eigenvalue weighted by Gasteiger charge is -2.14. The molecule has 1 aliphatic rings. The van der Waals surface area contributed by atoms with Gasteiger partial charge in [-0.15, -0.1) is 11.3 Å². The van der Waals surface area contributed by atoms with Crippen molar-refractivity contribution in [2.24, 2.45) is 0 Å². The van der Waals surface area contributed by atoms with Gasteiger partial charge in [-0.25, -0.2) is 9.97 Å². The van der Waals surface area contributed by atoms with Crippen molar-refractivity contribution in [2.45, 2.75) is 6.42 Å². The van der Waals surface area contributed by atoms with Crippen molar-refractivity contribution in [1.29, 1.82) is 0 Å². The predicted octanol–water partition coefficient (Wildman–Crippen LogP) is 11.1. The van der Waals surface area contributed by atoms with Crippen LogP contribution in [0, 0.1) is 0 Å². The van der Waals surface area contributed by atoms with E-state index in [4.69, 9.17) is 9.97 Å². The SMILES string of the molecule is C1=Cc2sc3ccccc3c2C(n2c3ccccc3c3cc(-c4cc(-c5ccccc5)nc(-c5ccccc5)n4)ccc32)=CC1. The normalized spacial score (nSPS) is 12.8. The third kappa shape index (κ3) is 4.34. The van der Waals surface area contributed by atoms with E-state index in [0.717, 1.165) is 40.3 Å².